The third kappa shape index (κ3) is 5.33. The fraction of sp³-hybridized carbons (Fsp3) is 0.692. The fourth-order valence-corrected chi connectivity index (χ4v) is 2.48. The molecule has 0 fully saturated rings. The molecule has 0 spiro atoms. The summed E-state index contributed by atoms with van der Waals surface area (Å²) in [4.78, 5) is 4.04. The third-order valence-electron chi connectivity index (χ3n) is 2.73. The van der Waals surface area contributed by atoms with E-state index in [0.717, 1.165) is 6.54 Å². The van der Waals surface area contributed by atoms with Crippen LogP contribution in [0.25, 0.3) is 0 Å². The molecule has 15 heavy (non-hydrogen) atoms. The van der Waals surface area contributed by atoms with Crippen LogP contribution in [0.15, 0.2) is 17.5 Å². The molecular formula is C13H23NS. The predicted molar refractivity (Wildman–Crippen MR) is 69.4 cm³/mol. The van der Waals surface area contributed by atoms with Gasteiger partial charge in [-0.2, -0.15) is 0 Å². The first-order chi connectivity index (χ1) is 7.36. The molecule has 0 saturated heterocycles. The lowest BCUT2D eigenvalue weighted by Crippen LogP contribution is -2.23. The minimum Gasteiger partial charge on any atom is -0.299 e. The maximum absolute atomic E-state index is 2.54. The van der Waals surface area contributed by atoms with E-state index in [4.69, 9.17) is 0 Å². The molecule has 2 heteroatoms. The van der Waals surface area contributed by atoms with Gasteiger partial charge in [0, 0.05) is 11.4 Å². The molecule has 0 bridgehead atoms. The summed E-state index contributed by atoms with van der Waals surface area (Å²) >= 11 is 1.87. The second kappa shape index (κ2) is 7.89. The van der Waals surface area contributed by atoms with E-state index in [2.05, 4.69) is 36.3 Å². The summed E-state index contributed by atoms with van der Waals surface area (Å²) in [5, 5.41) is 2.17. The molecule has 0 atom stereocenters. The van der Waals surface area contributed by atoms with Crippen LogP contribution in [-0.4, -0.2) is 18.0 Å². The molecule has 1 rings (SSSR count). The zero-order valence-corrected chi connectivity index (χ0v) is 10.9. The average molecular weight is 225 g/mol. The van der Waals surface area contributed by atoms with E-state index in [9.17, 15) is 0 Å². The summed E-state index contributed by atoms with van der Waals surface area (Å²) in [6, 6.07) is 4.38. The van der Waals surface area contributed by atoms with Gasteiger partial charge in [0.25, 0.3) is 0 Å². The normalized spacial score (nSPS) is 11.1. The van der Waals surface area contributed by atoms with Crippen LogP contribution >= 0.6 is 11.3 Å². The molecule has 0 unspecified atom stereocenters. The van der Waals surface area contributed by atoms with Crippen LogP contribution < -0.4 is 0 Å². The zero-order valence-electron chi connectivity index (χ0n) is 10.0. The molecule has 0 aliphatic rings. The maximum atomic E-state index is 2.54. The van der Waals surface area contributed by atoms with Gasteiger partial charge in [-0.15, -0.1) is 11.3 Å². The summed E-state index contributed by atoms with van der Waals surface area (Å²) in [6.07, 6.45) is 5.46. The summed E-state index contributed by atoms with van der Waals surface area (Å²) in [7, 11) is 0. The van der Waals surface area contributed by atoms with Crippen LogP contribution in [-0.2, 0) is 6.54 Å². The van der Waals surface area contributed by atoms with Crippen molar-refractivity contribution in [3.63, 3.8) is 0 Å². The minimum absolute atomic E-state index is 1.14. The highest BCUT2D eigenvalue weighted by Gasteiger charge is 2.03. The molecule has 0 radical (unpaired) electrons. The Morgan fingerprint density at radius 2 is 2.07 bits per heavy atom. The summed E-state index contributed by atoms with van der Waals surface area (Å²) in [5.74, 6) is 0. The van der Waals surface area contributed by atoms with Crippen molar-refractivity contribution < 1.29 is 0 Å². The van der Waals surface area contributed by atoms with Gasteiger partial charge in [-0.25, -0.2) is 0 Å². The number of thiophene rings is 1. The third-order valence-corrected chi connectivity index (χ3v) is 3.60. The number of hydrogen-bond donors (Lipinski definition) is 0. The lowest BCUT2D eigenvalue weighted by atomic mass is 10.2. The van der Waals surface area contributed by atoms with E-state index in [-0.39, 0.29) is 0 Å². The van der Waals surface area contributed by atoms with Crippen LogP contribution in [0.4, 0.5) is 0 Å². The molecule has 1 heterocycles. The van der Waals surface area contributed by atoms with Crippen molar-refractivity contribution in [2.45, 2.75) is 46.1 Å². The van der Waals surface area contributed by atoms with Crippen molar-refractivity contribution in [1.29, 1.82) is 0 Å². The first-order valence-corrected chi connectivity index (χ1v) is 6.99. The molecule has 0 saturated carbocycles. The number of hydrogen-bond acceptors (Lipinski definition) is 2. The molecule has 1 aromatic heterocycles. The highest BCUT2D eigenvalue weighted by Crippen LogP contribution is 2.12. The zero-order chi connectivity index (χ0) is 10.9. The van der Waals surface area contributed by atoms with Gasteiger partial charge in [-0.05, 0) is 31.0 Å². The van der Waals surface area contributed by atoms with Crippen molar-refractivity contribution >= 4 is 11.3 Å². The van der Waals surface area contributed by atoms with Crippen molar-refractivity contribution in [2.24, 2.45) is 0 Å². The molecule has 0 N–H and O–H groups in total. The van der Waals surface area contributed by atoms with E-state index in [0.29, 0.717) is 0 Å². The Morgan fingerprint density at radius 3 is 2.67 bits per heavy atom. The van der Waals surface area contributed by atoms with Gasteiger partial charge < -0.3 is 0 Å². The highest BCUT2D eigenvalue weighted by atomic mass is 32.1. The Balaban J connectivity index is 2.18. The van der Waals surface area contributed by atoms with Crippen molar-refractivity contribution in [2.75, 3.05) is 13.1 Å². The molecule has 0 amide bonds. The Kier molecular flexibility index (Phi) is 6.69. The largest absolute Gasteiger partial charge is 0.299 e. The van der Waals surface area contributed by atoms with E-state index in [1.54, 1.807) is 0 Å². The average Bonchev–Trinajstić information content (AvgIpc) is 2.75. The topological polar surface area (TPSA) is 3.24 Å². The smallest absolute Gasteiger partial charge is 0.0327 e. The van der Waals surface area contributed by atoms with Crippen molar-refractivity contribution in [1.82, 2.24) is 4.90 Å². The van der Waals surface area contributed by atoms with Gasteiger partial charge in [-0.1, -0.05) is 39.2 Å². The molecule has 0 aliphatic carbocycles. The quantitative estimate of drug-likeness (QED) is 0.601. The first-order valence-electron chi connectivity index (χ1n) is 6.11. The number of nitrogens with zero attached hydrogens (tertiary/aromatic N) is 1. The first kappa shape index (κ1) is 12.7. The van der Waals surface area contributed by atoms with Crippen LogP contribution in [0, 0.1) is 0 Å². The molecule has 1 aromatic rings. The predicted octanol–water partition coefficient (Wildman–Crippen LogP) is 4.15. The maximum Gasteiger partial charge on any atom is 0.0327 e. The number of rotatable bonds is 8. The van der Waals surface area contributed by atoms with E-state index in [1.807, 2.05) is 11.3 Å². The standard InChI is InChI=1S/C13H23NS/c1-3-5-6-7-10-14(4-2)12-13-9-8-11-15-13/h8-9,11H,3-7,10,12H2,1-2H3. The fourth-order valence-electron chi connectivity index (χ4n) is 1.73. The van der Waals surface area contributed by atoms with Crippen LogP contribution in [0.3, 0.4) is 0 Å². The Bertz CT molecular complexity index is 231. The Hall–Kier alpha value is -0.340. The second-order valence-corrected chi connectivity index (χ2v) is 5.04. The molecule has 86 valence electrons. The summed E-state index contributed by atoms with van der Waals surface area (Å²) < 4.78 is 0. The molecule has 0 aromatic carbocycles. The highest BCUT2D eigenvalue weighted by molar-refractivity contribution is 7.09. The van der Waals surface area contributed by atoms with E-state index in [1.165, 1.54) is 43.6 Å². The minimum atomic E-state index is 1.14. The molecular weight excluding hydrogens is 202 g/mol. The van der Waals surface area contributed by atoms with Crippen LogP contribution in [0.1, 0.15) is 44.4 Å². The second-order valence-electron chi connectivity index (χ2n) is 4.01. The number of unbranched alkanes of at least 4 members (excludes halogenated alkanes) is 3. The van der Waals surface area contributed by atoms with Gasteiger partial charge in [0.15, 0.2) is 0 Å². The van der Waals surface area contributed by atoms with Gasteiger partial charge in [0.1, 0.15) is 0 Å². The van der Waals surface area contributed by atoms with Gasteiger partial charge >= 0.3 is 0 Å². The molecule has 1 nitrogen and oxygen atoms in total. The lowest BCUT2D eigenvalue weighted by molar-refractivity contribution is 0.275. The Labute approximate surface area is 98.1 Å². The SMILES string of the molecule is CCCCCCN(CC)Cc1cccs1. The lowest BCUT2D eigenvalue weighted by Gasteiger charge is -2.19. The van der Waals surface area contributed by atoms with Crippen LogP contribution in [0.5, 0.6) is 0 Å². The Morgan fingerprint density at radius 1 is 1.20 bits per heavy atom. The molecule has 0 aliphatic heterocycles. The van der Waals surface area contributed by atoms with Crippen LogP contribution in [0.2, 0.25) is 0 Å². The summed E-state index contributed by atoms with van der Waals surface area (Å²) in [6.45, 7) is 8.09. The monoisotopic (exact) mass is 225 g/mol. The van der Waals surface area contributed by atoms with Crippen molar-refractivity contribution in [3.8, 4) is 0 Å². The van der Waals surface area contributed by atoms with E-state index >= 15 is 0 Å². The van der Waals surface area contributed by atoms with Gasteiger partial charge in [0.05, 0.1) is 0 Å². The van der Waals surface area contributed by atoms with Gasteiger partial charge in [0.2, 0.25) is 0 Å². The summed E-state index contributed by atoms with van der Waals surface area (Å²) in [5.41, 5.74) is 0. The van der Waals surface area contributed by atoms with E-state index < -0.39 is 0 Å². The van der Waals surface area contributed by atoms with Crippen molar-refractivity contribution in [3.05, 3.63) is 22.4 Å². The van der Waals surface area contributed by atoms with Gasteiger partial charge in [-0.3, -0.25) is 4.90 Å².